The van der Waals surface area contributed by atoms with Crippen LogP contribution in [0.25, 0.3) is 0 Å². The molecule has 1 heterocycles. The molecule has 0 N–H and O–H groups in total. The van der Waals surface area contributed by atoms with Gasteiger partial charge in [-0.1, -0.05) is 37.3 Å². The molecule has 1 saturated heterocycles. The van der Waals surface area contributed by atoms with Crippen molar-refractivity contribution in [3.05, 3.63) is 35.9 Å². The molecular weight excluding hydrogens is 192 g/mol. The maximum atomic E-state index is 5.68. The van der Waals surface area contributed by atoms with E-state index >= 15 is 0 Å². The van der Waals surface area contributed by atoms with Crippen molar-refractivity contribution in [2.24, 2.45) is 5.92 Å². The third-order valence-corrected chi connectivity index (χ3v) is 3.00. The Morgan fingerprint density at radius 3 is 2.20 bits per heavy atom. The summed E-state index contributed by atoms with van der Waals surface area (Å²) >= 11 is 0. The van der Waals surface area contributed by atoms with E-state index < -0.39 is 5.97 Å². The molecule has 0 spiro atoms. The molecule has 2 atom stereocenters. The van der Waals surface area contributed by atoms with Gasteiger partial charge in [0.25, 0.3) is 5.97 Å². The molecule has 0 radical (unpaired) electrons. The number of ether oxygens (including phenoxy) is 3. The van der Waals surface area contributed by atoms with Crippen molar-refractivity contribution < 1.29 is 14.2 Å². The number of hydrogen-bond donors (Lipinski definition) is 0. The van der Waals surface area contributed by atoms with Crippen LogP contribution in [0.1, 0.15) is 18.6 Å². The summed E-state index contributed by atoms with van der Waals surface area (Å²) in [5, 5.41) is 0. The number of rotatable bonds is 3. The van der Waals surface area contributed by atoms with Crippen LogP contribution in [-0.2, 0) is 14.2 Å². The third-order valence-electron chi connectivity index (χ3n) is 3.00. The summed E-state index contributed by atoms with van der Waals surface area (Å²) in [4.78, 5) is 0. The Balaban J connectivity index is 2.12. The van der Waals surface area contributed by atoms with Crippen LogP contribution in [0.15, 0.2) is 30.3 Å². The molecule has 2 rings (SSSR count). The summed E-state index contributed by atoms with van der Waals surface area (Å²) in [6.45, 7) is 2.06. The van der Waals surface area contributed by atoms with E-state index in [1.165, 1.54) is 0 Å². The van der Waals surface area contributed by atoms with Crippen molar-refractivity contribution in [2.45, 2.75) is 19.0 Å². The highest BCUT2D eigenvalue weighted by atomic mass is 16.9. The molecule has 0 unspecified atom stereocenters. The van der Waals surface area contributed by atoms with Crippen molar-refractivity contribution in [1.29, 1.82) is 0 Å². The lowest BCUT2D eigenvalue weighted by Gasteiger charge is -2.50. The molecule has 15 heavy (non-hydrogen) atoms. The molecule has 1 aliphatic heterocycles. The van der Waals surface area contributed by atoms with Crippen molar-refractivity contribution >= 4 is 0 Å². The first-order chi connectivity index (χ1) is 7.23. The SMILES string of the molecule is COC1(OC)O[C@H](c2ccccc2)[C@@H]1C. The fourth-order valence-electron chi connectivity index (χ4n) is 2.05. The monoisotopic (exact) mass is 208 g/mol. The molecule has 0 aromatic heterocycles. The lowest BCUT2D eigenvalue weighted by Crippen LogP contribution is -2.56. The Kier molecular flexibility index (Phi) is 2.78. The highest BCUT2D eigenvalue weighted by Gasteiger charge is 2.55. The van der Waals surface area contributed by atoms with Crippen LogP contribution < -0.4 is 0 Å². The predicted octanol–water partition coefficient (Wildman–Crippen LogP) is 2.34. The minimum absolute atomic E-state index is 0.0612. The van der Waals surface area contributed by atoms with Gasteiger partial charge < -0.3 is 14.2 Å². The topological polar surface area (TPSA) is 27.7 Å². The normalized spacial score (nSPS) is 28.5. The average Bonchev–Trinajstić information content (AvgIpc) is 2.30. The molecule has 3 heteroatoms. The quantitative estimate of drug-likeness (QED) is 0.713. The second-order valence-corrected chi connectivity index (χ2v) is 3.75. The molecule has 0 amide bonds. The van der Waals surface area contributed by atoms with Crippen LogP contribution in [-0.4, -0.2) is 20.2 Å². The molecule has 1 aromatic carbocycles. The Hall–Kier alpha value is -0.900. The lowest BCUT2D eigenvalue weighted by atomic mass is 9.89. The van der Waals surface area contributed by atoms with E-state index in [-0.39, 0.29) is 12.0 Å². The van der Waals surface area contributed by atoms with E-state index in [1.54, 1.807) is 14.2 Å². The first kappa shape index (κ1) is 10.6. The van der Waals surface area contributed by atoms with Crippen LogP contribution in [0, 0.1) is 5.92 Å². The van der Waals surface area contributed by atoms with Crippen molar-refractivity contribution in [2.75, 3.05) is 14.2 Å². The Labute approximate surface area is 90.0 Å². The second-order valence-electron chi connectivity index (χ2n) is 3.75. The van der Waals surface area contributed by atoms with Crippen LogP contribution in [0.4, 0.5) is 0 Å². The molecule has 1 aliphatic rings. The minimum Gasteiger partial charge on any atom is -0.331 e. The van der Waals surface area contributed by atoms with Gasteiger partial charge in [0.15, 0.2) is 0 Å². The van der Waals surface area contributed by atoms with E-state index in [9.17, 15) is 0 Å². The van der Waals surface area contributed by atoms with Crippen LogP contribution in [0.5, 0.6) is 0 Å². The van der Waals surface area contributed by atoms with Gasteiger partial charge in [0, 0.05) is 14.2 Å². The summed E-state index contributed by atoms with van der Waals surface area (Å²) in [6, 6.07) is 10.1. The number of hydrogen-bond acceptors (Lipinski definition) is 3. The van der Waals surface area contributed by atoms with Gasteiger partial charge in [-0.25, -0.2) is 0 Å². The highest BCUT2D eigenvalue weighted by Crippen LogP contribution is 2.49. The maximum Gasteiger partial charge on any atom is 0.288 e. The minimum atomic E-state index is -0.861. The zero-order valence-electron chi connectivity index (χ0n) is 9.27. The van der Waals surface area contributed by atoms with Crippen molar-refractivity contribution in [3.63, 3.8) is 0 Å². The van der Waals surface area contributed by atoms with E-state index in [4.69, 9.17) is 14.2 Å². The predicted molar refractivity (Wildman–Crippen MR) is 56.2 cm³/mol. The van der Waals surface area contributed by atoms with E-state index in [2.05, 4.69) is 19.1 Å². The Morgan fingerprint density at radius 1 is 1.13 bits per heavy atom. The maximum absolute atomic E-state index is 5.68. The van der Waals surface area contributed by atoms with Gasteiger partial charge in [-0.05, 0) is 5.56 Å². The fraction of sp³-hybridized carbons (Fsp3) is 0.500. The zero-order valence-corrected chi connectivity index (χ0v) is 9.27. The van der Waals surface area contributed by atoms with Gasteiger partial charge in [0.2, 0.25) is 0 Å². The largest absolute Gasteiger partial charge is 0.331 e. The van der Waals surface area contributed by atoms with Crippen LogP contribution in [0.2, 0.25) is 0 Å². The average molecular weight is 208 g/mol. The molecule has 1 aromatic rings. The standard InChI is InChI=1S/C12H16O3/c1-9-11(10-7-5-4-6-8-10)15-12(9,13-2)14-3/h4-9,11H,1-3H3/t9-,11-/m0/s1. The van der Waals surface area contributed by atoms with Gasteiger partial charge in [-0.3, -0.25) is 0 Å². The van der Waals surface area contributed by atoms with Crippen molar-refractivity contribution in [3.8, 4) is 0 Å². The number of methoxy groups -OCH3 is 2. The Morgan fingerprint density at radius 2 is 1.73 bits per heavy atom. The fourth-order valence-corrected chi connectivity index (χ4v) is 2.05. The summed E-state index contributed by atoms with van der Waals surface area (Å²) in [7, 11) is 3.20. The smallest absolute Gasteiger partial charge is 0.288 e. The molecular formula is C12H16O3. The summed E-state index contributed by atoms with van der Waals surface area (Å²) in [6.07, 6.45) is 0.0612. The summed E-state index contributed by atoms with van der Waals surface area (Å²) in [5.74, 6) is -0.671. The van der Waals surface area contributed by atoms with Crippen molar-refractivity contribution in [1.82, 2.24) is 0 Å². The lowest BCUT2D eigenvalue weighted by molar-refractivity contribution is -0.480. The molecule has 0 bridgehead atoms. The molecule has 1 fully saturated rings. The molecule has 82 valence electrons. The van der Waals surface area contributed by atoms with Gasteiger partial charge in [-0.15, -0.1) is 0 Å². The first-order valence-electron chi connectivity index (χ1n) is 5.06. The summed E-state index contributed by atoms with van der Waals surface area (Å²) in [5.41, 5.74) is 1.16. The van der Waals surface area contributed by atoms with Crippen LogP contribution >= 0.6 is 0 Å². The molecule has 0 aliphatic carbocycles. The zero-order chi connectivity index (χ0) is 10.9. The third kappa shape index (κ3) is 1.57. The van der Waals surface area contributed by atoms with Gasteiger partial charge in [0.1, 0.15) is 0 Å². The first-order valence-corrected chi connectivity index (χ1v) is 5.06. The van der Waals surface area contributed by atoms with E-state index in [0.717, 1.165) is 5.56 Å². The van der Waals surface area contributed by atoms with Gasteiger partial charge >= 0.3 is 0 Å². The van der Waals surface area contributed by atoms with E-state index in [1.807, 2.05) is 18.2 Å². The van der Waals surface area contributed by atoms with Gasteiger partial charge in [-0.2, -0.15) is 0 Å². The van der Waals surface area contributed by atoms with Gasteiger partial charge in [0.05, 0.1) is 12.0 Å². The molecule has 0 saturated carbocycles. The summed E-state index contributed by atoms with van der Waals surface area (Å²) < 4.78 is 16.2. The Bertz CT molecular complexity index is 319. The van der Waals surface area contributed by atoms with Crippen LogP contribution in [0.3, 0.4) is 0 Å². The second kappa shape index (κ2) is 3.93. The highest BCUT2D eigenvalue weighted by molar-refractivity contribution is 5.20. The van der Waals surface area contributed by atoms with E-state index in [0.29, 0.717) is 0 Å². The molecule has 3 nitrogen and oxygen atoms in total. The number of benzene rings is 1.